The lowest BCUT2D eigenvalue weighted by molar-refractivity contribution is -0.124. The van der Waals surface area contributed by atoms with Crippen LogP contribution in [0.4, 0.5) is 5.82 Å². The van der Waals surface area contributed by atoms with E-state index < -0.39 is 0 Å². The van der Waals surface area contributed by atoms with Gasteiger partial charge in [-0.15, -0.1) is 0 Å². The van der Waals surface area contributed by atoms with Gasteiger partial charge in [-0.1, -0.05) is 0 Å². The lowest BCUT2D eigenvalue weighted by Gasteiger charge is -2.32. The van der Waals surface area contributed by atoms with Crippen LogP contribution < -0.4 is 11.1 Å². The molecule has 0 aliphatic carbocycles. The first-order chi connectivity index (χ1) is 9.33. The molecule has 1 aromatic rings. The molecule has 1 saturated heterocycles. The number of aromatic nitrogens is 2. The number of nitrogens with two attached hydrogens (primary N) is 1. The van der Waals surface area contributed by atoms with Gasteiger partial charge in [0, 0.05) is 24.8 Å². The Morgan fingerprint density at radius 1 is 1.45 bits per heavy atom. The summed E-state index contributed by atoms with van der Waals surface area (Å²) in [6.45, 7) is 8.31. The third kappa shape index (κ3) is 4.23. The maximum Gasteiger partial charge on any atom is 0.234 e. The fourth-order valence-electron chi connectivity index (χ4n) is 2.56. The van der Waals surface area contributed by atoms with E-state index in [-0.39, 0.29) is 11.4 Å². The summed E-state index contributed by atoms with van der Waals surface area (Å²) in [5.74, 6) is 0.663. The van der Waals surface area contributed by atoms with Gasteiger partial charge in [0.15, 0.2) is 0 Å². The van der Waals surface area contributed by atoms with Crippen LogP contribution in [0.15, 0.2) is 12.3 Å². The second kappa shape index (κ2) is 5.83. The molecule has 112 valence electrons. The number of piperidine rings is 1. The van der Waals surface area contributed by atoms with E-state index in [9.17, 15) is 4.79 Å². The minimum Gasteiger partial charge on any atom is -0.382 e. The first-order valence-corrected chi connectivity index (χ1v) is 7.17. The summed E-state index contributed by atoms with van der Waals surface area (Å²) in [4.78, 5) is 14.1. The Morgan fingerprint density at radius 2 is 2.10 bits per heavy atom. The van der Waals surface area contributed by atoms with Crippen molar-refractivity contribution in [3.8, 4) is 0 Å². The normalized spacial score (nSPS) is 18.1. The van der Waals surface area contributed by atoms with Crippen molar-refractivity contribution in [2.45, 2.75) is 45.2 Å². The Balaban J connectivity index is 1.78. The molecule has 1 aliphatic heterocycles. The van der Waals surface area contributed by atoms with E-state index in [4.69, 9.17) is 5.73 Å². The van der Waals surface area contributed by atoms with Crippen LogP contribution in [0, 0.1) is 0 Å². The fraction of sp³-hybridized carbons (Fsp3) is 0.714. The van der Waals surface area contributed by atoms with Gasteiger partial charge >= 0.3 is 0 Å². The minimum atomic E-state index is -0.165. The number of carbonyl (C=O) groups excluding carboxylic acids is 1. The molecule has 1 aliphatic rings. The van der Waals surface area contributed by atoms with Gasteiger partial charge < -0.3 is 11.1 Å². The Hall–Kier alpha value is -1.56. The number of nitrogens with zero attached hydrogens (tertiary/aromatic N) is 3. The van der Waals surface area contributed by atoms with E-state index in [1.54, 1.807) is 0 Å². The molecule has 0 aromatic carbocycles. The largest absolute Gasteiger partial charge is 0.382 e. The zero-order valence-electron chi connectivity index (χ0n) is 12.6. The Kier molecular flexibility index (Phi) is 4.32. The summed E-state index contributed by atoms with van der Waals surface area (Å²) in [5.41, 5.74) is 5.48. The van der Waals surface area contributed by atoms with Crippen molar-refractivity contribution in [1.29, 1.82) is 0 Å². The molecule has 0 spiro atoms. The molecule has 1 amide bonds. The standard InChI is InChI=1S/C14H25N5O/c1-14(2,3)16-13(20)10-18-7-4-11(5-8-18)19-9-6-12(15)17-19/h6,9,11H,4-5,7-8,10H2,1-3H3,(H2,15,17)(H,16,20). The smallest absolute Gasteiger partial charge is 0.234 e. The van der Waals surface area contributed by atoms with Gasteiger partial charge in [0.2, 0.25) is 5.91 Å². The van der Waals surface area contributed by atoms with Crippen LogP contribution in [0.1, 0.15) is 39.7 Å². The van der Waals surface area contributed by atoms with E-state index >= 15 is 0 Å². The summed E-state index contributed by atoms with van der Waals surface area (Å²) in [5, 5.41) is 7.26. The first-order valence-electron chi connectivity index (χ1n) is 7.17. The summed E-state index contributed by atoms with van der Waals surface area (Å²) in [6, 6.07) is 2.22. The number of amides is 1. The van der Waals surface area contributed by atoms with E-state index in [0.29, 0.717) is 18.4 Å². The van der Waals surface area contributed by atoms with Crippen LogP contribution >= 0.6 is 0 Å². The van der Waals surface area contributed by atoms with Crippen molar-refractivity contribution in [3.05, 3.63) is 12.3 Å². The van der Waals surface area contributed by atoms with E-state index in [2.05, 4.69) is 15.3 Å². The molecule has 0 saturated carbocycles. The predicted molar refractivity (Wildman–Crippen MR) is 79.2 cm³/mol. The van der Waals surface area contributed by atoms with Crippen molar-refractivity contribution in [3.63, 3.8) is 0 Å². The van der Waals surface area contributed by atoms with Gasteiger partial charge in [-0.05, 0) is 39.7 Å². The van der Waals surface area contributed by atoms with Crippen molar-refractivity contribution in [2.24, 2.45) is 0 Å². The highest BCUT2D eigenvalue weighted by molar-refractivity contribution is 5.78. The summed E-state index contributed by atoms with van der Waals surface area (Å²) < 4.78 is 1.95. The number of likely N-dealkylation sites (tertiary alicyclic amines) is 1. The van der Waals surface area contributed by atoms with E-state index in [1.807, 2.05) is 37.7 Å². The monoisotopic (exact) mass is 279 g/mol. The number of rotatable bonds is 3. The Bertz CT molecular complexity index is 454. The zero-order valence-corrected chi connectivity index (χ0v) is 12.6. The molecular weight excluding hydrogens is 254 g/mol. The number of nitrogen functional groups attached to an aromatic ring is 1. The van der Waals surface area contributed by atoms with Crippen molar-refractivity contribution >= 4 is 11.7 Å². The molecule has 0 atom stereocenters. The van der Waals surface area contributed by atoms with Gasteiger partial charge in [0.1, 0.15) is 5.82 Å². The van der Waals surface area contributed by atoms with E-state index in [1.165, 1.54) is 0 Å². The highest BCUT2D eigenvalue weighted by atomic mass is 16.2. The lowest BCUT2D eigenvalue weighted by atomic mass is 10.1. The van der Waals surface area contributed by atoms with Crippen LogP contribution in [-0.4, -0.2) is 45.8 Å². The molecule has 0 radical (unpaired) electrons. The number of anilines is 1. The third-order valence-electron chi connectivity index (χ3n) is 3.44. The average molecular weight is 279 g/mol. The molecule has 2 heterocycles. The zero-order chi connectivity index (χ0) is 14.8. The molecular formula is C14H25N5O. The number of hydrogen-bond donors (Lipinski definition) is 2. The van der Waals surface area contributed by atoms with Crippen LogP contribution in [-0.2, 0) is 4.79 Å². The maximum atomic E-state index is 11.9. The number of nitrogens with one attached hydrogen (secondary N) is 1. The van der Waals surface area contributed by atoms with Crippen molar-refractivity contribution in [1.82, 2.24) is 20.0 Å². The van der Waals surface area contributed by atoms with E-state index in [0.717, 1.165) is 25.9 Å². The van der Waals surface area contributed by atoms with Gasteiger partial charge in [-0.2, -0.15) is 5.10 Å². The number of carbonyl (C=O) groups is 1. The van der Waals surface area contributed by atoms with Gasteiger partial charge in [-0.3, -0.25) is 14.4 Å². The van der Waals surface area contributed by atoms with Crippen LogP contribution in [0.3, 0.4) is 0 Å². The highest BCUT2D eigenvalue weighted by Gasteiger charge is 2.23. The van der Waals surface area contributed by atoms with Gasteiger partial charge in [0.05, 0.1) is 12.6 Å². The van der Waals surface area contributed by atoms with Crippen molar-refractivity contribution in [2.75, 3.05) is 25.4 Å². The van der Waals surface area contributed by atoms with Crippen LogP contribution in [0.2, 0.25) is 0 Å². The molecule has 6 heteroatoms. The molecule has 3 N–H and O–H groups in total. The molecule has 20 heavy (non-hydrogen) atoms. The summed E-state index contributed by atoms with van der Waals surface area (Å²) >= 11 is 0. The fourth-order valence-corrected chi connectivity index (χ4v) is 2.56. The molecule has 1 aromatic heterocycles. The highest BCUT2D eigenvalue weighted by Crippen LogP contribution is 2.22. The molecule has 2 rings (SSSR count). The van der Waals surface area contributed by atoms with Crippen LogP contribution in [0.5, 0.6) is 0 Å². The topological polar surface area (TPSA) is 76.2 Å². The average Bonchev–Trinajstić information content (AvgIpc) is 2.74. The second-order valence-corrected chi connectivity index (χ2v) is 6.53. The maximum absolute atomic E-state index is 11.9. The van der Waals surface area contributed by atoms with Gasteiger partial charge in [-0.25, -0.2) is 0 Å². The third-order valence-corrected chi connectivity index (χ3v) is 3.44. The molecule has 0 bridgehead atoms. The molecule has 6 nitrogen and oxygen atoms in total. The molecule has 1 fully saturated rings. The Labute approximate surface area is 120 Å². The SMILES string of the molecule is CC(C)(C)NC(=O)CN1CCC(n2ccc(N)n2)CC1. The summed E-state index contributed by atoms with van der Waals surface area (Å²) in [6.07, 6.45) is 3.94. The van der Waals surface area contributed by atoms with Crippen molar-refractivity contribution < 1.29 is 4.79 Å². The molecule has 0 unspecified atom stereocenters. The van der Waals surface area contributed by atoms with Gasteiger partial charge in [0.25, 0.3) is 0 Å². The quantitative estimate of drug-likeness (QED) is 0.866. The van der Waals surface area contributed by atoms with Crippen LogP contribution in [0.25, 0.3) is 0 Å². The predicted octanol–water partition coefficient (Wildman–Crippen LogP) is 1.02. The second-order valence-electron chi connectivity index (χ2n) is 6.53. The minimum absolute atomic E-state index is 0.0966. The first kappa shape index (κ1) is 14.8. The summed E-state index contributed by atoms with van der Waals surface area (Å²) in [7, 11) is 0. The Morgan fingerprint density at radius 3 is 2.60 bits per heavy atom. The number of hydrogen-bond acceptors (Lipinski definition) is 4. The lowest BCUT2D eigenvalue weighted by Crippen LogP contribution is -2.47.